The van der Waals surface area contributed by atoms with Gasteiger partial charge in [0.25, 0.3) is 0 Å². The van der Waals surface area contributed by atoms with E-state index in [4.69, 9.17) is 9.41 Å². The molecule has 1 amide bonds. The first-order chi connectivity index (χ1) is 19.0. The maximum atomic E-state index is 14.0. The Morgan fingerprint density at radius 3 is 2.72 bits per heavy atom. The van der Waals surface area contributed by atoms with E-state index in [0.29, 0.717) is 52.5 Å². The van der Waals surface area contributed by atoms with Crippen LogP contribution in [0.5, 0.6) is 0 Å². The monoisotopic (exact) mass is 518 g/mol. The van der Waals surface area contributed by atoms with Gasteiger partial charge in [-0.2, -0.15) is 0 Å². The Hall–Kier alpha value is -4.32. The van der Waals surface area contributed by atoms with Crippen LogP contribution in [0.15, 0.2) is 80.9 Å². The number of benzene rings is 2. The van der Waals surface area contributed by atoms with Crippen LogP contribution in [-0.2, 0) is 22.4 Å². The average molecular weight is 519 g/mol. The van der Waals surface area contributed by atoms with E-state index in [1.54, 1.807) is 18.2 Å². The quantitative estimate of drug-likeness (QED) is 0.327. The highest BCUT2D eigenvalue weighted by Gasteiger charge is 2.47. The van der Waals surface area contributed by atoms with Crippen LogP contribution < -0.4 is 5.32 Å². The molecule has 0 radical (unpaired) electrons. The normalized spacial score (nSPS) is 21.1. The molecule has 2 heterocycles. The summed E-state index contributed by atoms with van der Waals surface area (Å²) in [6.07, 6.45) is 6.21. The van der Waals surface area contributed by atoms with Crippen molar-refractivity contribution in [3.8, 4) is 11.3 Å². The van der Waals surface area contributed by atoms with Gasteiger partial charge >= 0.3 is 0 Å². The van der Waals surface area contributed by atoms with Crippen molar-refractivity contribution in [2.75, 3.05) is 6.54 Å². The van der Waals surface area contributed by atoms with Gasteiger partial charge in [-0.3, -0.25) is 19.4 Å². The third-order valence-corrected chi connectivity index (χ3v) is 8.04. The number of amides is 1. The smallest absolute Gasteiger partial charge is 0.249 e. The molecule has 39 heavy (non-hydrogen) atoms. The number of ketones is 1. The third-order valence-electron chi connectivity index (χ3n) is 8.04. The van der Waals surface area contributed by atoms with Crippen molar-refractivity contribution in [1.82, 2.24) is 5.32 Å². The van der Waals surface area contributed by atoms with E-state index in [9.17, 15) is 14.4 Å². The van der Waals surface area contributed by atoms with E-state index in [-0.39, 0.29) is 17.6 Å². The largest absolute Gasteiger partial charge is 0.457 e. The zero-order chi connectivity index (χ0) is 27.1. The predicted octanol–water partition coefficient (Wildman–Crippen LogP) is 5.87. The minimum atomic E-state index is -0.526. The maximum absolute atomic E-state index is 14.0. The summed E-state index contributed by atoms with van der Waals surface area (Å²) in [5, 5.41) is 2.94. The number of hydrogen-bond acceptors (Lipinski definition) is 5. The number of likely N-dealkylation sites (N-methyl/N-ethyl adjacent to an activating group) is 1. The van der Waals surface area contributed by atoms with Crippen molar-refractivity contribution >= 4 is 29.8 Å². The number of furan rings is 1. The molecule has 3 aromatic rings. The number of hydrogen-bond donors (Lipinski definition) is 1. The Labute approximate surface area is 227 Å². The third kappa shape index (κ3) is 4.40. The van der Waals surface area contributed by atoms with Gasteiger partial charge in [0.15, 0.2) is 12.1 Å². The number of fused-ring (bicyclic) bond motifs is 2. The zero-order valence-corrected chi connectivity index (χ0v) is 22.1. The van der Waals surface area contributed by atoms with Crippen molar-refractivity contribution in [3.63, 3.8) is 0 Å². The minimum Gasteiger partial charge on any atom is -0.457 e. The topological polar surface area (TPSA) is 88.7 Å². The van der Waals surface area contributed by atoms with Gasteiger partial charge in [-0.25, -0.2) is 0 Å². The molecule has 2 atom stereocenters. The maximum Gasteiger partial charge on any atom is 0.249 e. The van der Waals surface area contributed by atoms with Crippen molar-refractivity contribution in [1.29, 1.82) is 0 Å². The van der Waals surface area contributed by atoms with Gasteiger partial charge in [0.05, 0.1) is 5.92 Å². The number of rotatable bonds is 6. The van der Waals surface area contributed by atoms with E-state index in [1.807, 2.05) is 38.1 Å². The van der Waals surface area contributed by atoms with Crippen LogP contribution in [0.3, 0.4) is 0 Å². The molecule has 6 nitrogen and oxygen atoms in total. The number of allylic oxidation sites excluding steroid dienone is 2. The van der Waals surface area contributed by atoms with Crippen LogP contribution >= 0.6 is 0 Å². The number of nitrogens with zero attached hydrogens (tertiary/aromatic N) is 1. The van der Waals surface area contributed by atoms with Gasteiger partial charge in [0, 0.05) is 52.6 Å². The number of carbonyl (C=O) groups excluding carboxylic acids is 3. The van der Waals surface area contributed by atoms with Gasteiger partial charge in [0.2, 0.25) is 5.91 Å². The zero-order valence-electron chi connectivity index (χ0n) is 22.1. The summed E-state index contributed by atoms with van der Waals surface area (Å²) in [6, 6.07) is 17.3. The fraction of sp³-hybridized carbons (Fsp3) is 0.273. The van der Waals surface area contributed by atoms with Crippen LogP contribution in [-0.4, -0.2) is 30.2 Å². The number of aliphatic imine (C=N–C) groups is 1. The Morgan fingerprint density at radius 2 is 1.90 bits per heavy atom. The molecule has 6 rings (SSSR count). The number of aryl methyl sites for hydroxylation is 2. The SMILES string of the molecule is CCNC(=O)C1=C(C)N=C2C/C(=C\c3ccc(-c4ccccc4C=O)o3)C(=O)C2C1c1ccc2c(c1)CCC2. The van der Waals surface area contributed by atoms with Crippen LogP contribution in [0.25, 0.3) is 17.4 Å². The highest BCUT2D eigenvalue weighted by Crippen LogP contribution is 2.46. The number of carbonyl (C=O) groups is 3. The first-order valence-corrected chi connectivity index (χ1v) is 13.6. The average Bonchev–Trinajstić information content (AvgIpc) is 3.67. The molecule has 1 saturated carbocycles. The van der Waals surface area contributed by atoms with E-state index in [0.717, 1.165) is 36.8 Å². The molecule has 1 aliphatic heterocycles. The lowest BCUT2D eigenvalue weighted by molar-refractivity contribution is -0.118. The van der Waals surface area contributed by atoms with Gasteiger partial charge in [-0.15, -0.1) is 0 Å². The number of aldehydes is 1. The lowest BCUT2D eigenvalue weighted by atomic mass is 9.75. The summed E-state index contributed by atoms with van der Waals surface area (Å²) in [5.74, 6) is -0.00661. The van der Waals surface area contributed by atoms with E-state index >= 15 is 0 Å². The summed E-state index contributed by atoms with van der Waals surface area (Å²) in [7, 11) is 0. The van der Waals surface area contributed by atoms with Gasteiger partial charge < -0.3 is 9.73 Å². The molecule has 1 N–H and O–H groups in total. The van der Waals surface area contributed by atoms with Crippen LogP contribution in [0.4, 0.5) is 0 Å². The second-order valence-corrected chi connectivity index (χ2v) is 10.4. The molecule has 2 aromatic carbocycles. The summed E-state index contributed by atoms with van der Waals surface area (Å²) in [4.78, 5) is 43.5. The summed E-state index contributed by atoms with van der Waals surface area (Å²) < 4.78 is 6.05. The molecule has 0 bridgehead atoms. The van der Waals surface area contributed by atoms with Gasteiger partial charge in [-0.05, 0) is 68.0 Å². The molecule has 2 aliphatic carbocycles. The molecule has 3 aliphatic rings. The fourth-order valence-corrected chi connectivity index (χ4v) is 6.26. The van der Waals surface area contributed by atoms with E-state index in [1.165, 1.54) is 11.1 Å². The second-order valence-electron chi connectivity index (χ2n) is 10.4. The lowest BCUT2D eigenvalue weighted by Crippen LogP contribution is -2.36. The minimum absolute atomic E-state index is 0.0280. The number of Topliss-reactive ketones (excluding diaryl/α,β-unsaturated/α-hetero) is 1. The molecule has 6 heteroatoms. The molecule has 1 fully saturated rings. The first-order valence-electron chi connectivity index (χ1n) is 13.6. The summed E-state index contributed by atoms with van der Waals surface area (Å²) in [5.41, 5.74) is 7.54. The molecular formula is C33H30N2O4. The van der Waals surface area contributed by atoms with Crippen LogP contribution in [0, 0.1) is 5.92 Å². The molecule has 0 spiro atoms. The standard InChI is InChI=1S/C33H30N2O4/c1-3-34-33(38)29-19(2)35-27-17-24(16-25-13-14-28(39-25)26-10-5-4-7-23(26)18-36)32(37)31(27)30(29)22-12-11-20-8-6-9-21(20)15-22/h4-5,7,10-16,18,30-31H,3,6,8-9,17H2,1-2H3,(H,34,38)/b24-16+. The molecule has 2 unspecified atom stereocenters. The summed E-state index contributed by atoms with van der Waals surface area (Å²) in [6.45, 7) is 4.26. The second kappa shape index (κ2) is 10.1. The Morgan fingerprint density at radius 1 is 1.08 bits per heavy atom. The Balaban J connectivity index is 1.38. The molecule has 0 saturated heterocycles. The first kappa shape index (κ1) is 25.0. The van der Waals surface area contributed by atoms with Gasteiger partial charge in [-0.1, -0.05) is 42.5 Å². The Kier molecular flexibility index (Phi) is 6.47. The molecule has 1 aromatic heterocycles. The summed E-state index contributed by atoms with van der Waals surface area (Å²) >= 11 is 0. The van der Waals surface area contributed by atoms with Crippen LogP contribution in [0.2, 0.25) is 0 Å². The highest BCUT2D eigenvalue weighted by atomic mass is 16.3. The van der Waals surface area contributed by atoms with Crippen LogP contribution in [0.1, 0.15) is 65.4 Å². The van der Waals surface area contributed by atoms with Crippen molar-refractivity contribution < 1.29 is 18.8 Å². The van der Waals surface area contributed by atoms with Crippen molar-refractivity contribution in [3.05, 3.63) is 99.5 Å². The highest BCUT2D eigenvalue weighted by molar-refractivity contribution is 6.24. The van der Waals surface area contributed by atoms with Crippen molar-refractivity contribution in [2.24, 2.45) is 10.9 Å². The number of nitrogens with one attached hydrogen (secondary N) is 1. The van der Waals surface area contributed by atoms with E-state index in [2.05, 4.69) is 23.5 Å². The predicted molar refractivity (Wildman–Crippen MR) is 151 cm³/mol. The molecule has 196 valence electrons. The molecular weight excluding hydrogens is 488 g/mol. The van der Waals surface area contributed by atoms with Gasteiger partial charge in [0.1, 0.15) is 11.5 Å². The van der Waals surface area contributed by atoms with Crippen molar-refractivity contribution in [2.45, 2.75) is 45.4 Å². The Bertz CT molecular complexity index is 1600. The van der Waals surface area contributed by atoms with E-state index < -0.39 is 5.92 Å². The lowest BCUT2D eigenvalue weighted by Gasteiger charge is -2.30. The fourth-order valence-electron chi connectivity index (χ4n) is 6.26.